The molecule has 1 aromatic heterocycles. The van der Waals surface area contributed by atoms with Crippen molar-refractivity contribution in [2.45, 2.75) is 70.4 Å². The van der Waals surface area contributed by atoms with Crippen LogP contribution in [0.5, 0.6) is 0 Å². The molecule has 1 aliphatic heterocycles. The molecule has 2 N–H and O–H groups in total. The van der Waals surface area contributed by atoms with Gasteiger partial charge in [-0.15, -0.1) is 0 Å². The van der Waals surface area contributed by atoms with Crippen LogP contribution in [0.1, 0.15) is 68.6 Å². The molecule has 1 saturated carbocycles. The zero-order valence-electron chi connectivity index (χ0n) is 16.7. The van der Waals surface area contributed by atoms with E-state index in [1.165, 1.54) is 25.7 Å². The van der Waals surface area contributed by atoms with Crippen LogP contribution in [-0.2, 0) is 4.74 Å². The van der Waals surface area contributed by atoms with Crippen LogP contribution >= 0.6 is 0 Å². The average molecular weight is 390 g/mol. The van der Waals surface area contributed by atoms with E-state index >= 15 is 0 Å². The summed E-state index contributed by atoms with van der Waals surface area (Å²) in [7, 11) is 0. The van der Waals surface area contributed by atoms with E-state index in [0.717, 1.165) is 25.7 Å². The van der Waals surface area contributed by atoms with Crippen molar-refractivity contribution in [3.63, 3.8) is 0 Å². The van der Waals surface area contributed by atoms with Crippen molar-refractivity contribution < 1.29 is 14.3 Å². The van der Waals surface area contributed by atoms with Crippen LogP contribution in [0.2, 0.25) is 0 Å². The Balaban J connectivity index is 1.45. The first-order valence-corrected chi connectivity index (χ1v) is 10.5. The molecule has 0 spiro atoms. The van der Waals surface area contributed by atoms with Crippen LogP contribution < -0.4 is 10.6 Å². The van der Waals surface area contributed by atoms with Gasteiger partial charge in [-0.05, 0) is 32.6 Å². The summed E-state index contributed by atoms with van der Waals surface area (Å²) in [5.41, 5.74) is 0.493. The number of aromatic nitrogens is 2. The molecule has 2 fully saturated rings. The minimum absolute atomic E-state index is 0.0961. The summed E-state index contributed by atoms with van der Waals surface area (Å²) in [4.78, 5) is 34.5. The Morgan fingerprint density at radius 3 is 2.29 bits per heavy atom. The second-order valence-electron chi connectivity index (χ2n) is 7.56. The summed E-state index contributed by atoms with van der Waals surface area (Å²) >= 11 is 0. The molecule has 2 heterocycles. The topological polar surface area (TPSA) is 96.5 Å². The summed E-state index contributed by atoms with van der Waals surface area (Å²) in [6, 6.07) is 0.466. The van der Waals surface area contributed by atoms with Gasteiger partial charge in [-0.2, -0.15) is 0 Å². The largest absolute Gasteiger partial charge is 0.450 e. The molecule has 1 aliphatic carbocycles. The first-order chi connectivity index (χ1) is 13.7. The number of rotatable bonds is 5. The molecular formula is C20H31N5O3. The quantitative estimate of drug-likeness (QED) is 0.752. The van der Waals surface area contributed by atoms with E-state index in [9.17, 15) is 9.59 Å². The maximum Gasteiger partial charge on any atom is 0.409 e. The standard InChI is InChI=1S/C20H31N5O3/c1-2-28-20(27)25-11-9-17(10-12-25)24-19-21-13-15(14-22-19)18(26)23-16-7-5-3-4-6-8-16/h13-14,16-17H,2-12H2,1H3,(H,23,26)(H,21,22,24). The Bertz CT molecular complexity index is 636. The molecule has 0 bridgehead atoms. The van der Waals surface area contributed by atoms with Gasteiger partial charge in [0.1, 0.15) is 0 Å². The highest BCUT2D eigenvalue weighted by molar-refractivity contribution is 5.93. The Morgan fingerprint density at radius 2 is 1.68 bits per heavy atom. The molecule has 28 heavy (non-hydrogen) atoms. The van der Waals surface area contributed by atoms with E-state index in [0.29, 0.717) is 31.2 Å². The van der Waals surface area contributed by atoms with Crippen molar-refractivity contribution in [3.05, 3.63) is 18.0 Å². The summed E-state index contributed by atoms with van der Waals surface area (Å²) in [6.45, 7) is 3.51. The third kappa shape index (κ3) is 5.81. The number of ether oxygens (including phenoxy) is 1. The van der Waals surface area contributed by atoms with E-state index in [-0.39, 0.29) is 24.1 Å². The summed E-state index contributed by atoms with van der Waals surface area (Å²) < 4.78 is 5.04. The zero-order chi connectivity index (χ0) is 19.8. The lowest BCUT2D eigenvalue weighted by Crippen LogP contribution is -2.42. The predicted molar refractivity (Wildman–Crippen MR) is 106 cm³/mol. The fraction of sp³-hybridized carbons (Fsp3) is 0.700. The van der Waals surface area contributed by atoms with Gasteiger partial charge in [0.2, 0.25) is 5.95 Å². The number of carbonyl (C=O) groups is 2. The molecule has 1 saturated heterocycles. The number of hydrogen-bond acceptors (Lipinski definition) is 6. The van der Waals surface area contributed by atoms with E-state index in [1.54, 1.807) is 17.3 Å². The number of amides is 2. The molecule has 0 atom stereocenters. The number of piperidine rings is 1. The van der Waals surface area contributed by atoms with Crippen molar-refractivity contribution in [2.24, 2.45) is 0 Å². The fourth-order valence-corrected chi connectivity index (χ4v) is 3.82. The molecule has 1 aromatic rings. The lowest BCUT2D eigenvalue weighted by molar-refractivity contribution is 0.0931. The Kier molecular flexibility index (Phi) is 7.45. The van der Waals surface area contributed by atoms with Gasteiger partial charge in [0.05, 0.1) is 12.2 Å². The highest BCUT2D eigenvalue weighted by Crippen LogP contribution is 2.18. The number of likely N-dealkylation sites (tertiary alicyclic amines) is 1. The Hall–Kier alpha value is -2.38. The molecule has 0 unspecified atom stereocenters. The first kappa shape index (κ1) is 20.4. The van der Waals surface area contributed by atoms with Gasteiger partial charge in [0.25, 0.3) is 5.91 Å². The number of nitrogens with zero attached hydrogens (tertiary/aromatic N) is 3. The molecule has 8 nitrogen and oxygen atoms in total. The highest BCUT2D eigenvalue weighted by atomic mass is 16.6. The highest BCUT2D eigenvalue weighted by Gasteiger charge is 2.24. The maximum absolute atomic E-state index is 12.4. The lowest BCUT2D eigenvalue weighted by atomic mass is 10.1. The molecular weight excluding hydrogens is 358 g/mol. The Labute approximate surface area is 166 Å². The molecule has 8 heteroatoms. The molecule has 3 rings (SSSR count). The molecule has 154 valence electrons. The maximum atomic E-state index is 12.4. The van der Waals surface area contributed by atoms with Crippen molar-refractivity contribution in [2.75, 3.05) is 25.0 Å². The molecule has 0 aromatic carbocycles. The van der Waals surface area contributed by atoms with Crippen LogP contribution in [0.3, 0.4) is 0 Å². The van der Waals surface area contributed by atoms with Gasteiger partial charge in [0, 0.05) is 37.6 Å². The van der Waals surface area contributed by atoms with E-state index in [4.69, 9.17) is 4.74 Å². The number of hydrogen-bond donors (Lipinski definition) is 2. The Morgan fingerprint density at radius 1 is 1.04 bits per heavy atom. The van der Waals surface area contributed by atoms with Crippen molar-refractivity contribution in [3.8, 4) is 0 Å². The fourth-order valence-electron chi connectivity index (χ4n) is 3.82. The van der Waals surface area contributed by atoms with Crippen LogP contribution in [0.4, 0.5) is 10.7 Å². The van der Waals surface area contributed by atoms with Crippen LogP contribution in [-0.4, -0.2) is 58.6 Å². The van der Waals surface area contributed by atoms with E-state index < -0.39 is 0 Å². The van der Waals surface area contributed by atoms with Crippen molar-refractivity contribution in [1.29, 1.82) is 0 Å². The van der Waals surface area contributed by atoms with E-state index in [2.05, 4.69) is 20.6 Å². The number of nitrogens with one attached hydrogen (secondary N) is 2. The molecule has 2 amide bonds. The summed E-state index contributed by atoms with van der Waals surface area (Å²) in [5, 5.41) is 6.41. The normalized spacial score (nSPS) is 19.0. The smallest absolute Gasteiger partial charge is 0.409 e. The second-order valence-corrected chi connectivity index (χ2v) is 7.56. The lowest BCUT2D eigenvalue weighted by Gasteiger charge is -2.31. The van der Waals surface area contributed by atoms with Gasteiger partial charge in [-0.3, -0.25) is 4.79 Å². The third-order valence-electron chi connectivity index (χ3n) is 5.46. The van der Waals surface area contributed by atoms with Crippen LogP contribution in [0, 0.1) is 0 Å². The monoisotopic (exact) mass is 389 g/mol. The van der Waals surface area contributed by atoms with E-state index in [1.807, 2.05) is 6.92 Å². The molecule has 0 radical (unpaired) electrons. The van der Waals surface area contributed by atoms with Gasteiger partial charge < -0.3 is 20.3 Å². The third-order valence-corrected chi connectivity index (χ3v) is 5.46. The van der Waals surface area contributed by atoms with Crippen molar-refractivity contribution >= 4 is 17.9 Å². The minimum atomic E-state index is -0.249. The average Bonchev–Trinajstić information content (AvgIpc) is 2.98. The summed E-state index contributed by atoms with van der Waals surface area (Å²) in [5.74, 6) is 0.418. The minimum Gasteiger partial charge on any atom is -0.450 e. The second kappa shape index (κ2) is 10.2. The van der Waals surface area contributed by atoms with Crippen LogP contribution in [0.15, 0.2) is 12.4 Å². The summed E-state index contributed by atoms with van der Waals surface area (Å²) in [6.07, 6.45) is 11.5. The van der Waals surface area contributed by atoms with Crippen molar-refractivity contribution in [1.82, 2.24) is 20.2 Å². The predicted octanol–water partition coefficient (Wildman–Crippen LogP) is 2.96. The first-order valence-electron chi connectivity index (χ1n) is 10.5. The molecule has 2 aliphatic rings. The number of carbonyl (C=O) groups excluding carboxylic acids is 2. The SMILES string of the molecule is CCOC(=O)N1CCC(Nc2ncc(C(=O)NC3CCCCCC3)cn2)CC1. The van der Waals surface area contributed by atoms with Gasteiger partial charge in [0.15, 0.2) is 0 Å². The van der Waals surface area contributed by atoms with Gasteiger partial charge >= 0.3 is 6.09 Å². The number of anilines is 1. The van der Waals surface area contributed by atoms with Crippen LogP contribution in [0.25, 0.3) is 0 Å². The zero-order valence-corrected chi connectivity index (χ0v) is 16.7. The van der Waals surface area contributed by atoms with Gasteiger partial charge in [-0.25, -0.2) is 14.8 Å². The van der Waals surface area contributed by atoms with Gasteiger partial charge in [-0.1, -0.05) is 25.7 Å².